The Balaban J connectivity index is 1.83. The van der Waals surface area contributed by atoms with E-state index in [0.29, 0.717) is 26.6 Å². The SMILES string of the molecule is Cc1cc(C)c(CNC(=O)c2cc(Cl)cc(S(=O)C3CCCCC3)c2C)c(=O)[nH]1. The van der Waals surface area contributed by atoms with Crippen molar-refractivity contribution in [2.45, 2.75) is 69.6 Å². The molecule has 1 amide bonds. The average Bonchev–Trinajstić information content (AvgIpc) is 2.68. The van der Waals surface area contributed by atoms with Crippen LogP contribution >= 0.6 is 11.6 Å². The summed E-state index contributed by atoms with van der Waals surface area (Å²) in [7, 11) is -1.19. The Bertz CT molecular complexity index is 1010. The summed E-state index contributed by atoms with van der Waals surface area (Å²) in [6.07, 6.45) is 5.25. The number of benzene rings is 1. The first-order chi connectivity index (χ1) is 13.8. The number of aromatic nitrogens is 1. The summed E-state index contributed by atoms with van der Waals surface area (Å²) in [5, 5.41) is 3.32. The number of H-pyrrole nitrogens is 1. The highest BCUT2D eigenvalue weighted by Crippen LogP contribution is 2.30. The molecule has 29 heavy (non-hydrogen) atoms. The minimum absolute atomic E-state index is 0.116. The zero-order chi connectivity index (χ0) is 21.1. The zero-order valence-corrected chi connectivity index (χ0v) is 18.6. The summed E-state index contributed by atoms with van der Waals surface area (Å²) in [5.41, 5.74) is 3.01. The molecule has 2 N–H and O–H groups in total. The first-order valence-electron chi connectivity index (χ1n) is 9.96. The van der Waals surface area contributed by atoms with Crippen molar-refractivity contribution in [2.24, 2.45) is 0 Å². The standard InChI is InChI=1S/C22H27ClN2O3S/c1-13-9-14(2)25-22(27)19(13)12-24-21(26)18-10-16(23)11-20(15(18)3)29(28)17-7-5-4-6-8-17/h9-11,17H,4-8,12H2,1-3H3,(H,24,26)(H,25,27). The van der Waals surface area contributed by atoms with Crippen molar-refractivity contribution < 1.29 is 9.00 Å². The van der Waals surface area contributed by atoms with Gasteiger partial charge in [0.05, 0.1) is 10.8 Å². The number of aromatic amines is 1. The molecule has 1 unspecified atom stereocenters. The Morgan fingerprint density at radius 1 is 1.17 bits per heavy atom. The van der Waals surface area contributed by atoms with Crippen LogP contribution in [0.15, 0.2) is 27.9 Å². The lowest BCUT2D eigenvalue weighted by molar-refractivity contribution is 0.0950. The summed E-state index contributed by atoms with van der Waals surface area (Å²) in [6.45, 7) is 5.60. The predicted molar refractivity (Wildman–Crippen MR) is 117 cm³/mol. The van der Waals surface area contributed by atoms with Crippen LogP contribution in [0.1, 0.15) is 64.8 Å². The highest BCUT2D eigenvalue weighted by Gasteiger charge is 2.25. The molecule has 0 radical (unpaired) electrons. The van der Waals surface area contributed by atoms with E-state index in [0.717, 1.165) is 36.9 Å². The van der Waals surface area contributed by atoms with Crippen LogP contribution in [0.4, 0.5) is 0 Å². The number of rotatable bonds is 5. The number of amides is 1. The lowest BCUT2D eigenvalue weighted by atomic mass is 10.0. The number of pyridine rings is 1. The number of carbonyl (C=O) groups excluding carboxylic acids is 1. The summed E-state index contributed by atoms with van der Waals surface area (Å²) < 4.78 is 13.1. The van der Waals surface area contributed by atoms with Gasteiger partial charge in [0.15, 0.2) is 0 Å². The molecular weight excluding hydrogens is 408 g/mol. The van der Waals surface area contributed by atoms with Gasteiger partial charge in [0.2, 0.25) is 0 Å². The molecule has 0 spiro atoms. The minimum Gasteiger partial charge on any atom is -0.348 e. The highest BCUT2D eigenvalue weighted by atomic mass is 35.5. The normalized spacial score (nSPS) is 15.9. The minimum atomic E-state index is -1.19. The Morgan fingerprint density at radius 3 is 2.52 bits per heavy atom. The third-order valence-electron chi connectivity index (χ3n) is 5.56. The second-order valence-electron chi connectivity index (χ2n) is 7.76. The van der Waals surface area contributed by atoms with E-state index in [9.17, 15) is 13.8 Å². The van der Waals surface area contributed by atoms with Gasteiger partial charge in [-0.05, 0) is 62.9 Å². The summed E-state index contributed by atoms with van der Waals surface area (Å²) in [5.74, 6) is -0.328. The van der Waals surface area contributed by atoms with Crippen LogP contribution in [-0.2, 0) is 17.3 Å². The lowest BCUT2D eigenvalue weighted by Gasteiger charge is -2.22. The number of carbonyl (C=O) groups is 1. The van der Waals surface area contributed by atoms with Crippen molar-refractivity contribution >= 4 is 28.3 Å². The molecule has 1 atom stereocenters. The van der Waals surface area contributed by atoms with Crippen LogP contribution < -0.4 is 10.9 Å². The first kappa shape index (κ1) is 21.8. The summed E-state index contributed by atoms with van der Waals surface area (Å²) >= 11 is 6.26. The second kappa shape index (κ2) is 9.26. The van der Waals surface area contributed by atoms with Crippen LogP contribution in [0.3, 0.4) is 0 Å². The van der Waals surface area contributed by atoms with Crippen molar-refractivity contribution in [3.8, 4) is 0 Å². The van der Waals surface area contributed by atoms with Gasteiger partial charge >= 0.3 is 0 Å². The van der Waals surface area contributed by atoms with Crippen LogP contribution in [0.2, 0.25) is 5.02 Å². The van der Waals surface area contributed by atoms with E-state index < -0.39 is 10.8 Å². The fourth-order valence-corrected chi connectivity index (χ4v) is 5.98. The lowest BCUT2D eigenvalue weighted by Crippen LogP contribution is -2.29. The Hall–Kier alpha value is -1.92. The summed E-state index contributed by atoms with van der Waals surface area (Å²) in [6, 6.07) is 5.19. The van der Waals surface area contributed by atoms with Crippen LogP contribution in [0.5, 0.6) is 0 Å². The molecule has 7 heteroatoms. The van der Waals surface area contributed by atoms with Gasteiger partial charge in [-0.3, -0.25) is 13.8 Å². The molecule has 1 heterocycles. The van der Waals surface area contributed by atoms with E-state index in [4.69, 9.17) is 11.6 Å². The van der Waals surface area contributed by atoms with E-state index in [1.807, 2.05) is 26.8 Å². The second-order valence-corrected chi connectivity index (χ2v) is 9.90. The van der Waals surface area contributed by atoms with Crippen molar-refractivity contribution in [2.75, 3.05) is 0 Å². The van der Waals surface area contributed by atoms with Gasteiger partial charge in [0.1, 0.15) is 0 Å². The average molecular weight is 435 g/mol. The number of halogens is 1. The van der Waals surface area contributed by atoms with Gasteiger partial charge < -0.3 is 10.3 Å². The van der Waals surface area contributed by atoms with Crippen LogP contribution in [0.25, 0.3) is 0 Å². The van der Waals surface area contributed by atoms with Gasteiger partial charge in [-0.15, -0.1) is 0 Å². The predicted octanol–water partition coefficient (Wildman–Crippen LogP) is 4.32. The molecule has 1 fully saturated rings. The van der Waals surface area contributed by atoms with Crippen molar-refractivity contribution in [3.05, 3.63) is 61.5 Å². The van der Waals surface area contributed by atoms with E-state index in [1.54, 1.807) is 12.1 Å². The third-order valence-corrected chi connectivity index (χ3v) is 7.71. The molecular formula is C22H27ClN2O3S. The maximum atomic E-state index is 13.1. The zero-order valence-electron chi connectivity index (χ0n) is 17.1. The summed E-state index contributed by atoms with van der Waals surface area (Å²) in [4.78, 5) is 28.4. The molecule has 0 bridgehead atoms. The smallest absolute Gasteiger partial charge is 0.253 e. The largest absolute Gasteiger partial charge is 0.348 e. The number of hydrogen-bond donors (Lipinski definition) is 2. The van der Waals surface area contributed by atoms with Crippen LogP contribution in [-0.4, -0.2) is 20.3 Å². The van der Waals surface area contributed by atoms with E-state index in [1.165, 1.54) is 6.42 Å². The monoisotopic (exact) mass is 434 g/mol. The third kappa shape index (κ3) is 4.98. The Kier molecular flexibility index (Phi) is 6.96. The van der Waals surface area contributed by atoms with Gasteiger partial charge in [-0.1, -0.05) is 30.9 Å². The van der Waals surface area contributed by atoms with Gasteiger partial charge in [-0.25, -0.2) is 0 Å². The quantitative estimate of drug-likeness (QED) is 0.735. The Morgan fingerprint density at radius 2 is 1.86 bits per heavy atom. The first-order valence-corrected chi connectivity index (χ1v) is 11.6. The van der Waals surface area contributed by atoms with Crippen molar-refractivity contribution in [1.29, 1.82) is 0 Å². The topological polar surface area (TPSA) is 79.0 Å². The molecule has 1 aromatic heterocycles. The van der Waals surface area contributed by atoms with E-state index in [-0.39, 0.29) is 23.3 Å². The van der Waals surface area contributed by atoms with Crippen LogP contribution in [0, 0.1) is 20.8 Å². The Labute approximate surface area is 178 Å². The van der Waals surface area contributed by atoms with Gasteiger partial charge in [0, 0.05) is 38.5 Å². The molecule has 1 saturated carbocycles. The molecule has 1 aromatic carbocycles. The molecule has 0 saturated heterocycles. The molecule has 0 aliphatic heterocycles. The fourth-order valence-electron chi connectivity index (χ4n) is 3.92. The van der Waals surface area contributed by atoms with E-state index >= 15 is 0 Å². The maximum absolute atomic E-state index is 13.1. The number of nitrogens with one attached hydrogen (secondary N) is 2. The molecule has 2 aromatic rings. The maximum Gasteiger partial charge on any atom is 0.253 e. The molecule has 1 aliphatic rings. The molecule has 5 nitrogen and oxygen atoms in total. The number of aryl methyl sites for hydroxylation is 2. The highest BCUT2D eigenvalue weighted by molar-refractivity contribution is 7.85. The number of hydrogen-bond acceptors (Lipinski definition) is 3. The molecule has 3 rings (SSSR count). The van der Waals surface area contributed by atoms with E-state index in [2.05, 4.69) is 10.3 Å². The molecule has 1 aliphatic carbocycles. The molecule has 156 valence electrons. The van der Waals surface area contributed by atoms with Gasteiger partial charge in [-0.2, -0.15) is 0 Å². The fraction of sp³-hybridized carbons (Fsp3) is 0.455. The van der Waals surface area contributed by atoms with Crippen molar-refractivity contribution in [1.82, 2.24) is 10.3 Å². The van der Waals surface area contributed by atoms with Gasteiger partial charge in [0.25, 0.3) is 11.5 Å². The van der Waals surface area contributed by atoms with Crippen molar-refractivity contribution in [3.63, 3.8) is 0 Å².